The molecule has 3 aromatic heterocycles. The first-order valence-electron chi connectivity index (χ1n) is 14.4. The Hall–Kier alpha value is -4.56. The molecule has 7 aromatic rings. The molecule has 48 heavy (non-hydrogen) atoms. The number of rotatable bonds is 7. The van der Waals surface area contributed by atoms with Gasteiger partial charge in [0.1, 0.15) is 0 Å². The van der Waals surface area contributed by atoms with Crippen LogP contribution in [0.4, 0.5) is 0 Å². The summed E-state index contributed by atoms with van der Waals surface area (Å²) >= 11 is 0. The SMILES string of the molecule is O=P1(c2ncccn2)c2[c-]c(Oc3[c-]c(-c4ccccn4)ccc3)ccc2-c2ccc(Oc3[c-]c(-c4ccccn4)ccc3)[c-]c21.[Pd+2].[Pt+2]. The molecule has 0 radical (unpaired) electrons. The summed E-state index contributed by atoms with van der Waals surface area (Å²) in [5, 5.41) is 0.897. The molecule has 0 bridgehead atoms. The van der Waals surface area contributed by atoms with Crippen LogP contribution in [0.25, 0.3) is 33.6 Å². The minimum absolute atomic E-state index is 0. The van der Waals surface area contributed by atoms with Gasteiger partial charge < -0.3 is 24.0 Å². The van der Waals surface area contributed by atoms with E-state index in [1.165, 1.54) is 0 Å². The minimum Gasteiger partial charge on any atom is -0.503 e. The van der Waals surface area contributed by atoms with Crippen molar-refractivity contribution < 1.29 is 55.5 Å². The van der Waals surface area contributed by atoms with Gasteiger partial charge in [-0.1, -0.05) is 47.0 Å². The van der Waals surface area contributed by atoms with Crippen molar-refractivity contribution in [3.05, 3.63) is 152 Å². The average Bonchev–Trinajstić information content (AvgIpc) is 3.37. The molecule has 4 aromatic carbocycles. The second-order valence-electron chi connectivity index (χ2n) is 10.3. The van der Waals surface area contributed by atoms with Crippen molar-refractivity contribution in [3.63, 3.8) is 0 Å². The average molecular weight is 914 g/mol. The molecule has 4 heterocycles. The fourth-order valence-electron chi connectivity index (χ4n) is 5.34. The predicted molar refractivity (Wildman–Crippen MR) is 175 cm³/mol. The van der Waals surface area contributed by atoms with Gasteiger partial charge in [-0.05, 0) is 29.6 Å². The summed E-state index contributed by atoms with van der Waals surface area (Å²) in [6.45, 7) is 0. The molecule has 0 spiro atoms. The molecule has 7 nitrogen and oxygen atoms in total. The molecule has 236 valence electrons. The summed E-state index contributed by atoms with van der Waals surface area (Å²) in [5.74, 6) is 1.73. The van der Waals surface area contributed by atoms with Crippen LogP contribution >= 0.6 is 7.14 Å². The number of ether oxygens (including phenoxy) is 2. The van der Waals surface area contributed by atoms with Crippen LogP contribution in [0.5, 0.6) is 23.0 Å². The monoisotopic (exact) mass is 913 g/mol. The van der Waals surface area contributed by atoms with Gasteiger partial charge in [0.05, 0.1) is 0 Å². The van der Waals surface area contributed by atoms with Crippen LogP contribution in [0.15, 0.2) is 128 Å². The Labute approximate surface area is 305 Å². The molecule has 0 saturated heterocycles. The van der Waals surface area contributed by atoms with Gasteiger partial charge in [0.15, 0.2) is 12.7 Å². The summed E-state index contributed by atoms with van der Waals surface area (Å²) in [4.78, 5) is 17.7. The molecular weight excluding hydrogens is 893 g/mol. The fraction of sp³-hybridized carbons (Fsp3) is 0. The fourth-order valence-corrected chi connectivity index (χ4v) is 8.02. The Kier molecular flexibility index (Phi) is 9.92. The minimum atomic E-state index is -3.61. The van der Waals surface area contributed by atoms with Crippen LogP contribution in [-0.4, -0.2) is 19.9 Å². The number of benzene rings is 4. The summed E-state index contributed by atoms with van der Waals surface area (Å²) in [6, 6.07) is 44.7. The zero-order chi connectivity index (χ0) is 30.9. The van der Waals surface area contributed by atoms with Crippen LogP contribution in [0.2, 0.25) is 0 Å². The Morgan fingerprint density at radius 3 is 1.40 bits per heavy atom. The van der Waals surface area contributed by atoms with Crippen LogP contribution in [-0.2, 0) is 46.1 Å². The Morgan fingerprint density at radius 1 is 0.479 bits per heavy atom. The van der Waals surface area contributed by atoms with Crippen LogP contribution in [0.3, 0.4) is 0 Å². The maximum absolute atomic E-state index is 15.2. The van der Waals surface area contributed by atoms with E-state index in [4.69, 9.17) is 9.47 Å². The first-order chi connectivity index (χ1) is 22.6. The third-order valence-electron chi connectivity index (χ3n) is 7.41. The van der Waals surface area contributed by atoms with Crippen molar-refractivity contribution in [2.75, 3.05) is 0 Å². The van der Waals surface area contributed by atoms with Gasteiger partial charge in [-0.3, -0.25) is 0 Å². The van der Waals surface area contributed by atoms with E-state index in [1.54, 1.807) is 55.1 Å². The van der Waals surface area contributed by atoms with Crippen LogP contribution in [0, 0.1) is 24.3 Å². The van der Waals surface area contributed by atoms with Gasteiger partial charge in [-0.25, -0.2) is 9.97 Å². The first kappa shape index (κ1) is 33.3. The van der Waals surface area contributed by atoms with E-state index in [9.17, 15) is 0 Å². The number of hydrogen-bond acceptors (Lipinski definition) is 7. The summed E-state index contributed by atoms with van der Waals surface area (Å²) < 4.78 is 27.6. The molecule has 0 amide bonds. The molecule has 1 aliphatic rings. The number of nitrogens with zero attached hydrogens (tertiary/aromatic N) is 4. The molecule has 0 aliphatic carbocycles. The van der Waals surface area contributed by atoms with Crippen molar-refractivity contribution in [2.24, 2.45) is 0 Å². The molecule has 10 heteroatoms. The van der Waals surface area contributed by atoms with E-state index < -0.39 is 7.14 Å². The van der Waals surface area contributed by atoms with E-state index in [-0.39, 0.29) is 47.1 Å². The summed E-state index contributed by atoms with van der Waals surface area (Å²) in [7, 11) is -3.61. The Balaban J connectivity index is 0.00000201. The predicted octanol–water partition coefficient (Wildman–Crippen LogP) is 7.00. The van der Waals surface area contributed by atoms with Gasteiger partial charge in [0.25, 0.3) is 0 Å². The van der Waals surface area contributed by atoms with Gasteiger partial charge in [0, 0.05) is 47.8 Å². The van der Waals surface area contributed by atoms with E-state index >= 15 is 4.57 Å². The zero-order valence-corrected chi connectivity index (χ0v) is 29.4. The standard InChI is InChI=1S/C38H21N4O3P.Pd.Pt/c43-46(38-41-20-7-21-42-38)36-24-30(44-28-10-5-8-26(22-28)34-12-1-3-18-39-34)14-16-32(36)33-17-15-31(25-37(33)46)45-29-11-6-9-27(23-29)35-13-2-4-19-40-35;;/h1-21H;;/q-4;2*+2. The zero-order valence-electron chi connectivity index (χ0n) is 24.7. The summed E-state index contributed by atoms with van der Waals surface area (Å²) in [5.41, 5.74) is 4.82. The van der Waals surface area contributed by atoms with Crippen molar-refractivity contribution in [2.45, 2.75) is 0 Å². The van der Waals surface area contributed by atoms with Crippen molar-refractivity contribution in [1.82, 2.24) is 19.9 Å². The second-order valence-corrected chi connectivity index (χ2v) is 12.8. The van der Waals surface area contributed by atoms with Crippen LogP contribution < -0.4 is 25.6 Å². The maximum atomic E-state index is 15.2. The number of aromatic nitrogens is 4. The van der Waals surface area contributed by atoms with Gasteiger partial charge in [0.2, 0.25) is 0 Å². The molecule has 0 unspecified atom stereocenters. The molecule has 0 saturated carbocycles. The first-order valence-corrected chi connectivity index (χ1v) is 16.1. The smallest absolute Gasteiger partial charge is 0.503 e. The maximum Gasteiger partial charge on any atom is 2.00 e. The largest absolute Gasteiger partial charge is 2.00 e. The quantitative estimate of drug-likeness (QED) is 0.0968. The summed E-state index contributed by atoms with van der Waals surface area (Å²) in [6.07, 6.45) is 6.63. The van der Waals surface area contributed by atoms with E-state index in [1.807, 2.05) is 72.8 Å². The third-order valence-corrected chi connectivity index (χ3v) is 10.2. The molecule has 0 fully saturated rings. The van der Waals surface area contributed by atoms with Crippen molar-refractivity contribution >= 4 is 23.3 Å². The molecule has 8 rings (SSSR count). The topological polar surface area (TPSA) is 87.1 Å². The van der Waals surface area contributed by atoms with E-state index in [0.717, 1.165) is 33.6 Å². The normalized spacial score (nSPS) is 12.1. The molecule has 0 N–H and O–H groups in total. The molecule has 1 aliphatic heterocycles. The van der Waals surface area contributed by atoms with Gasteiger partial charge in [-0.2, -0.15) is 23.3 Å². The van der Waals surface area contributed by atoms with Gasteiger partial charge >= 0.3 is 41.5 Å². The third kappa shape index (κ3) is 6.33. The molecule has 0 atom stereocenters. The Morgan fingerprint density at radius 2 is 0.938 bits per heavy atom. The number of pyridine rings is 2. The van der Waals surface area contributed by atoms with Gasteiger partial charge in [-0.15, -0.1) is 71.8 Å². The molecular formula is C38H21N4O3PPdPt. The number of fused-ring (bicyclic) bond motifs is 3. The second kappa shape index (κ2) is 14.3. The van der Waals surface area contributed by atoms with Crippen molar-refractivity contribution in [3.8, 4) is 56.6 Å². The van der Waals surface area contributed by atoms with E-state index in [2.05, 4.69) is 44.2 Å². The Bertz CT molecular complexity index is 2120. The number of hydrogen-bond donors (Lipinski definition) is 0. The van der Waals surface area contributed by atoms with Crippen molar-refractivity contribution in [1.29, 1.82) is 0 Å². The van der Waals surface area contributed by atoms with Crippen LogP contribution in [0.1, 0.15) is 0 Å². The van der Waals surface area contributed by atoms with E-state index in [0.29, 0.717) is 33.6 Å².